The molecule has 0 unspecified atom stereocenters. The third kappa shape index (κ3) is 3.17. The van der Waals surface area contributed by atoms with E-state index in [9.17, 15) is 4.79 Å². The zero-order valence-corrected chi connectivity index (χ0v) is 11.3. The van der Waals surface area contributed by atoms with E-state index >= 15 is 0 Å². The Labute approximate surface area is 122 Å². The maximum absolute atomic E-state index is 12.0. The molecule has 0 bridgehead atoms. The summed E-state index contributed by atoms with van der Waals surface area (Å²) in [6, 6.07) is 17.0. The number of nitrogens with one attached hydrogen (secondary N) is 1. The van der Waals surface area contributed by atoms with E-state index in [1.54, 1.807) is 30.6 Å². The monoisotopic (exact) mass is 278 g/mol. The Morgan fingerprint density at radius 3 is 2.57 bits per heavy atom. The molecule has 4 nitrogen and oxygen atoms in total. The van der Waals surface area contributed by atoms with Crippen LogP contribution in [0.25, 0.3) is 11.3 Å². The van der Waals surface area contributed by atoms with Crippen LogP contribution in [0.1, 0.15) is 5.56 Å². The second kappa shape index (κ2) is 6.05. The van der Waals surface area contributed by atoms with Gasteiger partial charge >= 0.3 is 5.63 Å². The van der Waals surface area contributed by atoms with Crippen LogP contribution >= 0.6 is 0 Å². The fraction of sp³-hybridized carbons (Fsp3) is 0.0588. The highest BCUT2D eigenvalue weighted by molar-refractivity contribution is 5.57. The summed E-state index contributed by atoms with van der Waals surface area (Å²) < 4.78 is 5.32. The molecule has 0 fully saturated rings. The minimum absolute atomic E-state index is 0.382. The number of hydrogen-bond donors (Lipinski definition) is 1. The number of pyridine rings is 1. The number of rotatable bonds is 4. The Morgan fingerprint density at radius 2 is 1.86 bits per heavy atom. The van der Waals surface area contributed by atoms with E-state index < -0.39 is 0 Å². The fourth-order valence-corrected chi connectivity index (χ4v) is 2.00. The highest BCUT2D eigenvalue weighted by Crippen LogP contribution is 2.17. The Morgan fingerprint density at radius 1 is 1.00 bits per heavy atom. The molecule has 0 aliphatic rings. The van der Waals surface area contributed by atoms with Crippen molar-refractivity contribution in [3.63, 3.8) is 0 Å². The predicted molar refractivity (Wildman–Crippen MR) is 82.0 cm³/mol. The molecule has 3 aromatic rings. The number of nitrogens with zero attached hydrogens (tertiary/aromatic N) is 1. The lowest BCUT2D eigenvalue weighted by atomic mass is 10.2. The normalized spacial score (nSPS) is 10.3. The Hall–Kier alpha value is -2.88. The molecule has 1 aromatic carbocycles. The first-order valence-electron chi connectivity index (χ1n) is 6.65. The topological polar surface area (TPSA) is 55.1 Å². The van der Waals surface area contributed by atoms with Crippen molar-refractivity contribution in [2.45, 2.75) is 6.54 Å². The predicted octanol–water partition coefficient (Wildman–Crippen LogP) is 3.31. The van der Waals surface area contributed by atoms with E-state index in [-0.39, 0.29) is 5.63 Å². The van der Waals surface area contributed by atoms with Crippen molar-refractivity contribution in [1.82, 2.24) is 4.98 Å². The lowest BCUT2D eigenvalue weighted by Gasteiger charge is -2.06. The molecule has 21 heavy (non-hydrogen) atoms. The summed E-state index contributed by atoms with van der Waals surface area (Å²) in [5.41, 5.74) is 1.95. The molecule has 0 saturated carbocycles. The van der Waals surface area contributed by atoms with Crippen LogP contribution in [-0.4, -0.2) is 4.98 Å². The first-order valence-corrected chi connectivity index (χ1v) is 6.65. The van der Waals surface area contributed by atoms with Crippen molar-refractivity contribution in [1.29, 1.82) is 0 Å². The van der Waals surface area contributed by atoms with Crippen molar-refractivity contribution in [3.05, 3.63) is 83.0 Å². The summed E-state index contributed by atoms with van der Waals surface area (Å²) in [6.45, 7) is 0.581. The smallest absolute Gasteiger partial charge is 0.359 e. The van der Waals surface area contributed by atoms with Crippen LogP contribution in [0, 0.1) is 0 Å². The zero-order valence-electron chi connectivity index (χ0n) is 11.3. The van der Waals surface area contributed by atoms with E-state index in [4.69, 9.17) is 4.42 Å². The van der Waals surface area contributed by atoms with Gasteiger partial charge in [-0.25, -0.2) is 4.79 Å². The molecule has 0 spiro atoms. The molecule has 2 heterocycles. The van der Waals surface area contributed by atoms with Gasteiger partial charge in [0.15, 0.2) is 0 Å². The molecule has 0 saturated heterocycles. The molecule has 3 rings (SSSR count). The van der Waals surface area contributed by atoms with Gasteiger partial charge in [0.25, 0.3) is 0 Å². The second-order valence-electron chi connectivity index (χ2n) is 4.58. The van der Waals surface area contributed by atoms with Crippen LogP contribution in [0.4, 0.5) is 5.69 Å². The number of benzene rings is 1. The zero-order chi connectivity index (χ0) is 14.5. The van der Waals surface area contributed by atoms with Gasteiger partial charge in [-0.3, -0.25) is 4.98 Å². The Balaban J connectivity index is 1.78. The van der Waals surface area contributed by atoms with Gasteiger partial charge in [0, 0.05) is 24.5 Å². The van der Waals surface area contributed by atoms with Crippen LogP contribution in [0.2, 0.25) is 0 Å². The summed E-state index contributed by atoms with van der Waals surface area (Å²) in [4.78, 5) is 16.0. The van der Waals surface area contributed by atoms with E-state index in [0.717, 1.165) is 11.1 Å². The van der Waals surface area contributed by atoms with Gasteiger partial charge in [0.2, 0.25) is 0 Å². The lowest BCUT2D eigenvalue weighted by molar-refractivity contribution is 0.528. The van der Waals surface area contributed by atoms with Crippen molar-refractivity contribution in [2.75, 3.05) is 5.32 Å². The van der Waals surface area contributed by atoms with Gasteiger partial charge in [-0.05, 0) is 29.8 Å². The standard InChI is InChI=1S/C17H14N2O2/c20-17-15(19-11-13-5-2-1-3-6-13)8-9-16(21-17)14-7-4-10-18-12-14/h1-10,12,19H,11H2. The molecule has 0 aliphatic carbocycles. The Bertz CT molecular complexity index is 768. The maximum atomic E-state index is 12.0. The van der Waals surface area contributed by atoms with Gasteiger partial charge in [-0.2, -0.15) is 0 Å². The van der Waals surface area contributed by atoms with E-state index in [1.807, 2.05) is 36.4 Å². The highest BCUT2D eigenvalue weighted by atomic mass is 16.4. The molecule has 4 heteroatoms. The summed E-state index contributed by atoms with van der Waals surface area (Å²) in [7, 11) is 0. The number of aromatic nitrogens is 1. The number of hydrogen-bond acceptors (Lipinski definition) is 4. The Kier molecular flexibility index (Phi) is 3.78. The van der Waals surface area contributed by atoms with Crippen LogP contribution < -0.4 is 10.9 Å². The van der Waals surface area contributed by atoms with Gasteiger partial charge in [-0.1, -0.05) is 30.3 Å². The molecular formula is C17H14N2O2. The van der Waals surface area contributed by atoms with Crippen molar-refractivity contribution in [2.24, 2.45) is 0 Å². The third-order valence-corrected chi connectivity index (χ3v) is 3.10. The summed E-state index contributed by atoms with van der Waals surface area (Å²) in [5, 5.41) is 3.09. The van der Waals surface area contributed by atoms with E-state index in [0.29, 0.717) is 18.0 Å². The second-order valence-corrected chi connectivity index (χ2v) is 4.58. The van der Waals surface area contributed by atoms with Gasteiger partial charge in [-0.15, -0.1) is 0 Å². The largest absolute Gasteiger partial charge is 0.421 e. The minimum atomic E-state index is -0.382. The van der Waals surface area contributed by atoms with E-state index in [2.05, 4.69) is 10.3 Å². The highest BCUT2D eigenvalue weighted by Gasteiger charge is 2.05. The van der Waals surface area contributed by atoms with Crippen LogP contribution in [0.15, 0.2) is 76.2 Å². The summed E-state index contributed by atoms with van der Waals surface area (Å²) in [6.07, 6.45) is 3.34. The van der Waals surface area contributed by atoms with Crippen LogP contribution in [-0.2, 0) is 6.54 Å². The van der Waals surface area contributed by atoms with Crippen molar-refractivity contribution < 1.29 is 4.42 Å². The van der Waals surface area contributed by atoms with Crippen molar-refractivity contribution >= 4 is 5.69 Å². The average molecular weight is 278 g/mol. The number of anilines is 1. The molecule has 104 valence electrons. The summed E-state index contributed by atoms with van der Waals surface area (Å²) >= 11 is 0. The van der Waals surface area contributed by atoms with Crippen LogP contribution in [0.3, 0.4) is 0 Å². The van der Waals surface area contributed by atoms with Crippen LogP contribution in [0.5, 0.6) is 0 Å². The molecular weight excluding hydrogens is 264 g/mol. The third-order valence-electron chi connectivity index (χ3n) is 3.10. The molecule has 0 aliphatic heterocycles. The quantitative estimate of drug-likeness (QED) is 0.795. The average Bonchev–Trinajstić information content (AvgIpc) is 2.55. The first kappa shape index (κ1) is 13.1. The maximum Gasteiger partial charge on any atom is 0.359 e. The SMILES string of the molecule is O=c1oc(-c2cccnc2)ccc1NCc1ccccc1. The molecule has 2 aromatic heterocycles. The van der Waals surface area contributed by atoms with Crippen molar-refractivity contribution in [3.8, 4) is 11.3 Å². The van der Waals surface area contributed by atoms with Gasteiger partial charge in [0.05, 0.1) is 0 Å². The molecule has 0 atom stereocenters. The summed E-state index contributed by atoms with van der Waals surface area (Å²) in [5.74, 6) is 0.512. The fourth-order valence-electron chi connectivity index (χ4n) is 2.00. The van der Waals surface area contributed by atoms with Gasteiger partial charge < -0.3 is 9.73 Å². The van der Waals surface area contributed by atoms with Gasteiger partial charge in [0.1, 0.15) is 11.4 Å². The minimum Gasteiger partial charge on any atom is -0.421 e. The first-order chi connectivity index (χ1) is 10.3. The lowest BCUT2D eigenvalue weighted by Crippen LogP contribution is -2.10. The molecule has 0 radical (unpaired) electrons. The van der Waals surface area contributed by atoms with E-state index in [1.165, 1.54) is 0 Å². The molecule has 0 amide bonds. The molecule has 1 N–H and O–H groups in total.